The number of carboxylic acids is 6. The minimum absolute atomic E-state index is 0.0170. The predicted molar refractivity (Wildman–Crippen MR) is 296 cm³/mol. The molecule has 0 aliphatic carbocycles. The van der Waals surface area contributed by atoms with Gasteiger partial charge in [0, 0.05) is 108 Å². The second kappa shape index (κ2) is 35.0. The highest BCUT2D eigenvalue weighted by atomic mass is 16.4. The van der Waals surface area contributed by atoms with Gasteiger partial charge in [-0.1, -0.05) is 55.0 Å². The number of nitrogens with one attached hydrogen (secondary N) is 3. The zero-order valence-electron chi connectivity index (χ0n) is 46.2. The van der Waals surface area contributed by atoms with Gasteiger partial charge < -0.3 is 56.3 Å². The van der Waals surface area contributed by atoms with Gasteiger partial charge in [0.1, 0.15) is 23.9 Å². The van der Waals surface area contributed by atoms with Crippen LogP contribution in [0, 0.1) is 0 Å². The molecule has 0 saturated carbocycles. The summed E-state index contributed by atoms with van der Waals surface area (Å²) < 4.78 is 0. The fraction of sp³-hybridized carbons (Fsp3) is 0.536. The molecule has 1 fully saturated rings. The molecule has 3 aromatic rings. The Labute approximate surface area is 474 Å². The maximum absolute atomic E-state index is 13.8. The molecule has 0 bridgehead atoms. The molecule has 0 spiro atoms. The monoisotopic (exact) mass is 1150 g/mol. The smallest absolute Gasteiger partial charge is 0.326 e. The highest BCUT2D eigenvalue weighted by Crippen LogP contribution is 2.20. The van der Waals surface area contributed by atoms with Crippen molar-refractivity contribution < 1.29 is 83.4 Å². The summed E-state index contributed by atoms with van der Waals surface area (Å²) in [7, 11) is 0. The molecule has 0 radical (unpaired) electrons. The number of benzene rings is 2. The van der Waals surface area contributed by atoms with Gasteiger partial charge in [-0.3, -0.25) is 58.1 Å². The molecule has 26 nitrogen and oxygen atoms in total. The summed E-state index contributed by atoms with van der Waals surface area (Å²) >= 11 is 0. The van der Waals surface area contributed by atoms with Crippen LogP contribution in [0.4, 0.5) is 4.79 Å². The van der Waals surface area contributed by atoms with E-state index in [1.54, 1.807) is 55.0 Å². The molecular formula is C56H77N9O17. The number of unbranched alkanes of at least 4 members (excludes halogenated alkanes) is 3. The first-order valence-electron chi connectivity index (χ1n) is 27.4. The normalized spacial score (nSPS) is 15.1. The van der Waals surface area contributed by atoms with Crippen LogP contribution in [0.1, 0.15) is 106 Å². The van der Waals surface area contributed by atoms with E-state index < -0.39 is 65.9 Å². The Balaban J connectivity index is 1.26. The number of aliphatic carboxylic acids is 6. The maximum atomic E-state index is 13.8. The maximum Gasteiger partial charge on any atom is 0.326 e. The third-order valence-electron chi connectivity index (χ3n) is 14.0. The van der Waals surface area contributed by atoms with Gasteiger partial charge in [-0.2, -0.15) is 0 Å². The lowest BCUT2D eigenvalue weighted by atomic mass is 10.0. The van der Waals surface area contributed by atoms with Crippen molar-refractivity contribution in [2.75, 3.05) is 78.5 Å². The van der Waals surface area contributed by atoms with Crippen LogP contribution < -0.4 is 16.0 Å². The first-order valence-corrected chi connectivity index (χ1v) is 27.4. The number of carbonyl (C=O) groups excluding carboxylic acids is 5. The number of pyridine rings is 1. The van der Waals surface area contributed by atoms with E-state index in [0.29, 0.717) is 42.5 Å². The van der Waals surface area contributed by atoms with Crippen LogP contribution in [-0.2, 0) is 56.2 Å². The number of hydrogen-bond acceptors (Lipinski definition) is 16. The van der Waals surface area contributed by atoms with Crippen LogP contribution in [0.3, 0.4) is 0 Å². The van der Waals surface area contributed by atoms with Gasteiger partial charge >= 0.3 is 41.8 Å². The SMILES string of the molecule is CC(=O)CC[C@@H](NC(=O)N[C@H](CCCCN(Cc1nccc2ccccc12)C(=O)CCCCCC(=O)c1ccc(CNC(=O)CCC(C(=O)O)N2CCN(CC(=O)O)CCN(CC(=O)O)CCN(CC(=O)O)CC2)cc1)C(=O)O)C(=O)O. The number of aromatic nitrogens is 1. The molecule has 1 unspecified atom stereocenters. The number of ketones is 2. The molecule has 26 heteroatoms. The fourth-order valence-corrected chi connectivity index (χ4v) is 9.43. The lowest BCUT2D eigenvalue weighted by Crippen LogP contribution is -2.52. The van der Waals surface area contributed by atoms with Crippen molar-refractivity contribution in [2.24, 2.45) is 0 Å². The lowest BCUT2D eigenvalue weighted by molar-refractivity contribution is -0.145. The zero-order valence-corrected chi connectivity index (χ0v) is 46.2. The number of amides is 4. The van der Waals surface area contributed by atoms with Gasteiger partial charge in [-0.25, -0.2) is 14.4 Å². The number of carbonyl (C=O) groups is 11. The van der Waals surface area contributed by atoms with E-state index in [0.717, 1.165) is 10.8 Å². The molecule has 9 N–H and O–H groups in total. The summed E-state index contributed by atoms with van der Waals surface area (Å²) in [5.41, 5.74) is 1.80. The third kappa shape index (κ3) is 24.8. The van der Waals surface area contributed by atoms with Gasteiger partial charge in [0.15, 0.2) is 5.78 Å². The molecule has 4 amide bonds. The van der Waals surface area contributed by atoms with Crippen LogP contribution in [0.5, 0.6) is 0 Å². The van der Waals surface area contributed by atoms with Gasteiger partial charge in [0.25, 0.3) is 0 Å². The van der Waals surface area contributed by atoms with Crippen LogP contribution in [-0.4, -0.2) is 222 Å². The van der Waals surface area contributed by atoms with Crippen molar-refractivity contribution >= 4 is 76.0 Å². The molecule has 2 aromatic carbocycles. The first-order chi connectivity index (χ1) is 39.1. The number of Topliss-reactive ketones (excluding diaryl/α,β-unsaturated/α-hetero) is 2. The Morgan fingerprint density at radius 3 is 1.67 bits per heavy atom. The van der Waals surface area contributed by atoms with E-state index in [1.165, 1.54) is 6.92 Å². The lowest BCUT2D eigenvalue weighted by Gasteiger charge is -2.35. The fourth-order valence-electron chi connectivity index (χ4n) is 9.43. The second-order valence-electron chi connectivity index (χ2n) is 20.3. The molecule has 82 heavy (non-hydrogen) atoms. The molecular weight excluding hydrogens is 1070 g/mol. The Kier molecular flexibility index (Phi) is 28.4. The van der Waals surface area contributed by atoms with E-state index in [1.807, 2.05) is 30.3 Å². The molecule has 1 saturated heterocycles. The van der Waals surface area contributed by atoms with Crippen molar-refractivity contribution in [1.82, 2.24) is 45.4 Å². The largest absolute Gasteiger partial charge is 0.480 e. The molecule has 1 aliphatic heterocycles. The molecule has 1 aliphatic rings. The van der Waals surface area contributed by atoms with E-state index >= 15 is 0 Å². The summed E-state index contributed by atoms with van der Waals surface area (Å²) in [6.45, 7) is 1.74. The first kappa shape index (κ1) is 66.6. The average molecular weight is 1150 g/mol. The van der Waals surface area contributed by atoms with Crippen LogP contribution in [0.15, 0.2) is 60.8 Å². The standard InChI is InChI=1S/C56H77N9O17/c1-38(66)14-19-44(54(78)79)60-56(82)59-43(53(76)77)11-7-8-24-65(34-45-42-10-6-5-9-40(42)22-23-57-45)49(69)13-4-2-3-12-47(67)41-17-15-39(16-18-41)33-58-48(68)21-20-46(55(80)81)64-31-29-62(36-51(72)73)27-25-61(35-50(70)71)26-28-63(30-32-64)37-52(74)75/h5-6,9-10,15-18,22-23,43-44,46H,2-4,7-8,11-14,19-21,24-37H2,1H3,(H,58,68)(H,70,71)(H,72,73)(H,74,75)(H,76,77)(H,78,79)(H,80,81)(H2,59,60,82)/t43-,44-,46?/m1/s1. The number of urea groups is 1. The number of nitrogens with zero attached hydrogens (tertiary/aromatic N) is 6. The van der Waals surface area contributed by atoms with E-state index in [4.69, 9.17) is 0 Å². The van der Waals surface area contributed by atoms with E-state index in [9.17, 15) is 83.4 Å². The number of rotatable bonds is 34. The zero-order chi connectivity index (χ0) is 60.1. The Bertz CT molecular complexity index is 2640. The number of fused-ring (bicyclic) bond motifs is 1. The van der Waals surface area contributed by atoms with Gasteiger partial charge in [0.2, 0.25) is 11.8 Å². The third-order valence-corrected chi connectivity index (χ3v) is 14.0. The predicted octanol–water partition coefficient (Wildman–Crippen LogP) is 2.47. The minimum atomic E-state index is -1.39. The number of carboxylic acid groups (broad SMARTS) is 6. The molecule has 448 valence electrons. The van der Waals surface area contributed by atoms with Gasteiger partial charge in [-0.05, 0) is 68.9 Å². The summed E-state index contributed by atoms with van der Waals surface area (Å²) in [6.07, 6.45) is 3.67. The van der Waals surface area contributed by atoms with Gasteiger partial charge in [-0.15, -0.1) is 0 Å². The van der Waals surface area contributed by atoms with Crippen molar-refractivity contribution in [3.05, 3.63) is 77.6 Å². The Morgan fingerprint density at radius 2 is 1.12 bits per heavy atom. The summed E-state index contributed by atoms with van der Waals surface area (Å²) in [5, 5.41) is 67.2. The van der Waals surface area contributed by atoms with Crippen molar-refractivity contribution in [2.45, 2.75) is 115 Å². The second-order valence-corrected chi connectivity index (χ2v) is 20.3. The summed E-state index contributed by atoms with van der Waals surface area (Å²) in [6, 6.07) is 11.2. The quantitative estimate of drug-likeness (QED) is 0.0306. The van der Waals surface area contributed by atoms with E-state index in [-0.39, 0.29) is 160 Å². The van der Waals surface area contributed by atoms with E-state index in [2.05, 4.69) is 20.9 Å². The summed E-state index contributed by atoms with van der Waals surface area (Å²) in [5.74, 6) is -8.25. The molecule has 2 heterocycles. The van der Waals surface area contributed by atoms with Gasteiger partial charge in [0.05, 0.1) is 31.9 Å². The highest BCUT2D eigenvalue weighted by molar-refractivity contribution is 5.96. The molecule has 1 aromatic heterocycles. The summed E-state index contributed by atoms with van der Waals surface area (Å²) in [4.78, 5) is 148. The topological polar surface area (TPSA) is 374 Å². The highest BCUT2D eigenvalue weighted by Gasteiger charge is 2.30. The van der Waals surface area contributed by atoms with Crippen molar-refractivity contribution in [1.29, 1.82) is 0 Å². The Hall–Kier alpha value is -7.94. The van der Waals surface area contributed by atoms with Crippen LogP contribution in [0.25, 0.3) is 10.8 Å². The Morgan fingerprint density at radius 1 is 0.573 bits per heavy atom. The average Bonchev–Trinajstić information content (AvgIpc) is 3.41. The van der Waals surface area contributed by atoms with Crippen LogP contribution >= 0.6 is 0 Å². The molecule has 3 atom stereocenters. The van der Waals surface area contributed by atoms with Crippen molar-refractivity contribution in [3.8, 4) is 0 Å². The van der Waals surface area contributed by atoms with Crippen LogP contribution in [0.2, 0.25) is 0 Å². The number of hydrogen-bond donors (Lipinski definition) is 9. The minimum Gasteiger partial charge on any atom is -0.480 e. The van der Waals surface area contributed by atoms with Crippen molar-refractivity contribution in [3.63, 3.8) is 0 Å². The molecule has 4 rings (SSSR count).